The minimum absolute atomic E-state index is 0.256. The predicted molar refractivity (Wildman–Crippen MR) is 75.5 cm³/mol. The molecule has 2 heterocycles. The van der Waals surface area contributed by atoms with E-state index in [1.807, 2.05) is 0 Å². The quantitative estimate of drug-likeness (QED) is 0.859. The van der Waals surface area contributed by atoms with Crippen molar-refractivity contribution in [3.63, 3.8) is 0 Å². The van der Waals surface area contributed by atoms with E-state index in [4.69, 9.17) is 10.5 Å². The van der Waals surface area contributed by atoms with Gasteiger partial charge in [-0.2, -0.15) is 5.26 Å². The summed E-state index contributed by atoms with van der Waals surface area (Å²) in [4.78, 5) is 14.3. The van der Waals surface area contributed by atoms with Crippen molar-refractivity contribution in [2.75, 3.05) is 30.3 Å². The predicted octanol–water partition coefficient (Wildman–Crippen LogP) is 2.37. The topological polar surface area (TPSA) is 79.3 Å². The Morgan fingerprint density at radius 3 is 2.74 bits per heavy atom. The number of thiophene rings is 1. The molecule has 0 bridgehead atoms. The standard InChI is InChI=1S/C13H17N3O2S/c1-2-18-13(17)11-10(15)9(8-14)12(19-11)16-6-4-3-5-7-16/h2-7,15H2,1H3. The first kappa shape index (κ1) is 13.7. The van der Waals surface area contributed by atoms with Gasteiger partial charge in [0, 0.05) is 13.1 Å². The summed E-state index contributed by atoms with van der Waals surface area (Å²) in [5, 5.41) is 10.1. The molecule has 102 valence electrons. The molecular formula is C13H17N3O2S. The average molecular weight is 279 g/mol. The Morgan fingerprint density at radius 1 is 1.47 bits per heavy atom. The molecule has 0 aromatic carbocycles. The van der Waals surface area contributed by atoms with Crippen LogP contribution >= 0.6 is 11.3 Å². The van der Waals surface area contributed by atoms with Gasteiger partial charge in [-0.25, -0.2) is 4.79 Å². The number of nitrogens with two attached hydrogens (primary N) is 1. The third-order valence-electron chi connectivity index (χ3n) is 3.14. The van der Waals surface area contributed by atoms with E-state index in [9.17, 15) is 10.1 Å². The first-order valence-electron chi connectivity index (χ1n) is 6.43. The summed E-state index contributed by atoms with van der Waals surface area (Å²) in [6, 6.07) is 2.11. The molecule has 19 heavy (non-hydrogen) atoms. The highest BCUT2D eigenvalue weighted by Crippen LogP contribution is 2.39. The highest BCUT2D eigenvalue weighted by Gasteiger charge is 2.25. The van der Waals surface area contributed by atoms with E-state index in [1.165, 1.54) is 17.8 Å². The summed E-state index contributed by atoms with van der Waals surface area (Å²) in [6.45, 7) is 3.88. The zero-order valence-corrected chi connectivity index (χ0v) is 11.8. The molecule has 1 aliphatic rings. The molecule has 1 saturated heterocycles. The Balaban J connectivity index is 2.35. The molecule has 0 saturated carbocycles. The maximum atomic E-state index is 11.8. The number of esters is 1. The Kier molecular flexibility index (Phi) is 4.27. The van der Waals surface area contributed by atoms with Crippen molar-refractivity contribution in [1.29, 1.82) is 5.26 Å². The van der Waals surface area contributed by atoms with Gasteiger partial charge >= 0.3 is 5.97 Å². The third kappa shape index (κ3) is 2.66. The second kappa shape index (κ2) is 5.93. The minimum atomic E-state index is -0.440. The lowest BCUT2D eigenvalue weighted by Crippen LogP contribution is -2.29. The number of ether oxygens (including phenoxy) is 1. The number of anilines is 2. The van der Waals surface area contributed by atoms with Crippen molar-refractivity contribution in [1.82, 2.24) is 0 Å². The lowest BCUT2D eigenvalue weighted by Gasteiger charge is -2.27. The molecule has 0 radical (unpaired) electrons. The third-order valence-corrected chi connectivity index (χ3v) is 4.39. The number of hydrogen-bond donors (Lipinski definition) is 1. The molecule has 5 nitrogen and oxygen atoms in total. The van der Waals surface area contributed by atoms with Crippen LogP contribution in [-0.2, 0) is 4.74 Å². The lowest BCUT2D eigenvalue weighted by molar-refractivity contribution is 0.0533. The lowest BCUT2D eigenvalue weighted by atomic mass is 10.1. The van der Waals surface area contributed by atoms with Crippen LogP contribution in [0.3, 0.4) is 0 Å². The van der Waals surface area contributed by atoms with Gasteiger partial charge < -0.3 is 15.4 Å². The Morgan fingerprint density at radius 2 is 2.16 bits per heavy atom. The number of nitrogen functional groups attached to an aromatic ring is 1. The van der Waals surface area contributed by atoms with E-state index in [0.29, 0.717) is 17.0 Å². The summed E-state index contributed by atoms with van der Waals surface area (Å²) in [5.74, 6) is -0.440. The summed E-state index contributed by atoms with van der Waals surface area (Å²) in [6.07, 6.45) is 3.43. The number of carbonyl (C=O) groups is 1. The molecule has 1 aromatic heterocycles. The number of nitrogens with zero attached hydrogens (tertiary/aromatic N) is 2. The number of rotatable bonds is 3. The van der Waals surface area contributed by atoms with Crippen molar-refractivity contribution in [2.45, 2.75) is 26.2 Å². The van der Waals surface area contributed by atoms with Crippen LogP contribution < -0.4 is 10.6 Å². The molecule has 2 N–H and O–H groups in total. The number of carbonyl (C=O) groups excluding carboxylic acids is 1. The van der Waals surface area contributed by atoms with E-state index < -0.39 is 5.97 Å². The largest absolute Gasteiger partial charge is 0.462 e. The monoisotopic (exact) mass is 279 g/mol. The van der Waals surface area contributed by atoms with Gasteiger partial charge in [0.25, 0.3) is 0 Å². The smallest absolute Gasteiger partial charge is 0.350 e. The Bertz CT molecular complexity index is 513. The molecule has 1 aromatic rings. The van der Waals surface area contributed by atoms with E-state index in [-0.39, 0.29) is 5.69 Å². The van der Waals surface area contributed by atoms with E-state index >= 15 is 0 Å². The fourth-order valence-electron chi connectivity index (χ4n) is 2.21. The molecule has 6 heteroatoms. The summed E-state index contributed by atoms with van der Waals surface area (Å²) < 4.78 is 4.97. The van der Waals surface area contributed by atoms with Crippen LogP contribution in [0.5, 0.6) is 0 Å². The van der Waals surface area contributed by atoms with Gasteiger partial charge in [-0.1, -0.05) is 0 Å². The van der Waals surface area contributed by atoms with Crippen molar-refractivity contribution in [3.8, 4) is 6.07 Å². The second-order valence-electron chi connectivity index (χ2n) is 4.40. The zero-order chi connectivity index (χ0) is 13.8. The maximum Gasteiger partial charge on any atom is 0.350 e. The molecule has 1 aliphatic heterocycles. The van der Waals surface area contributed by atoms with Crippen molar-refractivity contribution in [3.05, 3.63) is 10.4 Å². The molecular weight excluding hydrogens is 262 g/mol. The van der Waals surface area contributed by atoms with Gasteiger partial charge in [0.05, 0.1) is 12.3 Å². The molecule has 0 aliphatic carbocycles. The maximum absolute atomic E-state index is 11.8. The zero-order valence-electron chi connectivity index (χ0n) is 10.9. The van der Waals surface area contributed by atoms with Crippen LogP contribution in [0.1, 0.15) is 41.4 Å². The van der Waals surface area contributed by atoms with E-state index in [2.05, 4.69) is 11.0 Å². The first-order valence-corrected chi connectivity index (χ1v) is 7.25. The van der Waals surface area contributed by atoms with Crippen LogP contribution in [0, 0.1) is 11.3 Å². The summed E-state index contributed by atoms with van der Waals surface area (Å²) in [7, 11) is 0. The minimum Gasteiger partial charge on any atom is -0.462 e. The molecule has 1 fully saturated rings. The van der Waals surface area contributed by atoms with Crippen LogP contribution in [0.25, 0.3) is 0 Å². The fraction of sp³-hybridized carbons (Fsp3) is 0.538. The molecule has 0 unspecified atom stereocenters. The second-order valence-corrected chi connectivity index (χ2v) is 5.40. The van der Waals surface area contributed by atoms with E-state index in [0.717, 1.165) is 30.9 Å². The highest BCUT2D eigenvalue weighted by atomic mass is 32.1. The van der Waals surface area contributed by atoms with Crippen molar-refractivity contribution in [2.24, 2.45) is 0 Å². The highest BCUT2D eigenvalue weighted by molar-refractivity contribution is 7.18. The van der Waals surface area contributed by atoms with Gasteiger partial charge in [-0.3, -0.25) is 0 Å². The van der Waals surface area contributed by atoms with Gasteiger partial charge in [0.15, 0.2) is 0 Å². The number of hydrogen-bond acceptors (Lipinski definition) is 6. The Hall–Kier alpha value is -1.74. The molecule has 0 atom stereocenters. The van der Waals surface area contributed by atoms with Gasteiger partial charge in [0.2, 0.25) is 0 Å². The van der Waals surface area contributed by atoms with Crippen molar-refractivity contribution >= 4 is 28.0 Å². The Labute approximate surface area is 116 Å². The van der Waals surface area contributed by atoms with Crippen LogP contribution in [0.15, 0.2) is 0 Å². The number of piperidine rings is 1. The average Bonchev–Trinajstić information content (AvgIpc) is 2.77. The van der Waals surface area contributed by atoms with E-state index in [1.54, 1.807) is 6.92 Å². The summed E-state index contributed by atoms with van der Waals surface area (Å²) >= 11 is 1.27. The van der Waals surface area contributed by atoms with Crippen LogP contribution in [-0.4, -0.2) is 25.7 Å². The molecule has 0 spiro atoms. The summed E-state index contributed by atoms with van der Waals surface area (Å²) in [5.41, 5.74) is 6.58. The van der Waals surface area contributed by atoms with Crippen LogP contribution in [0.4, 0.5) is 10.7 Å². The molecule has 2 rings (SSSR count). The normalized spacial score (nSPS) is 15.1. The molecule has 0 amide bonds. The van der Waals surface area contributed by atoms with Gasteiger partial charge in [0.1, 0.15) is 21.5 Å². The van der Waals surface area contributed by atoms with Gasteiger partial charge in [-0.05, 0) is 26.2 Å². The van der Waals surface area contributed by atoms with Crippen molar-refractivity contribution < 1.29 is 9.53 Å². The van der Waals surface area contributed by atoms with Crippen LogP contribution in [0.2, 0.25) is 0 Å². The first-order chi connectivity index (χ1) is 9.19. The fourth-order valence-corrected chi connectivity index (χ4v) is 3.32. The SMILES string of the molecule is CCOC(=O)c1sc(N2CCCCC2)c(C#N)c1N. The number of nitriles is 1. The van der Waals surface area contributed by atoms with Gasteiger partial charge in [-0.15, -0.1) is 11.3 Å².